The first-order valence-corrected chi connectivity index (χ1v) is 12.9. The lowest BCUT2D eigenvalue weighted by molar-refractivity contribution is 0.0956. The number of amides is 1. The fourth-order valence-corrected chi connectivity index (χ4v) is 5.90. The maximum absolute atomic E-state index is 12.6. The van der Waals surface area contributed by atoms with Crippen molar-refractivity contribution in [2.75, 3.05) is 23.7 Å². The van der Waals surface area contributed by atoms with Crippen LogP contribution in [-0.2, 0) is 15.8 Å². The van der Waals surface area contributed by atoms with Crippen LogP contribution in [0.3, 0.4) is 0 Å². The van der Waals surface area contributed by atoms with E-state index in [1.165, 1.54) is 33.8 Å². The lowest BCUT2D eigenvalue weighted by Crippen LogP contribution is -2.27. The molecule has 0 unspecified atom stereocenters. The molecule has 8 heteroatoms. The van der Waals surface area contributed by atoms with Crippen molar-refractivity contribution in [3.05, 3.63) is 82.7 Å². The molecule has 0 bridgehead atoms. The van der Waals surface area contributed by atoms with E-state index in [-0.39, 0.29) is 10.1 Å². The fourth-order valence-electron chi connectivity index (χ4n) is 2.72. The van der Waals surface area contributed by atoms with Crippen molar-refractivity contribution >= 4 is 44.7 Å². The molecule has 0 fully saturated rings. The van der Waals surface area contributed by atoms with Crippen LogP contribution in [-0.4, -0.2) is 33.7 Å². The molecule has 0 atom stereocenters. The smallest absolute Gasteiger partial charge is 0.273 e. The third-order valence-electron chi connectivity index (χ3n) is 4.52. The van der Waals surface area contributed by atoms with Crippen LogP contribution in [0.4, 0.5) is 5.69 Å². The van der Waals surface area contributed by atoms with E-state index < -0.39 is 10.0 Å². The van der Waals surface area contributed by atoms with Crippen molar-refractivity contribution in [1.29, 1.82) is 0 Å². The number of rotatable bonds is 9. The highest BCUT2D eigenvalue weighted by molar-refractivity contribution is 7.98. The zero-order chi connectivity index (χ0) is 21.6. The van der Waals surface area contributed by atoms with E-state index in [1.807, 2.05) is 0 Å². The Bertz CT molecular complexity index is 1060. The zero-order valence-electron chi connectivity index (χ0n) is 16.9. The van der Waals surface area contributed by atoms with Gasteiger partial charge in [0, 0.05) is 30.7 Å². The number of thiophene rings is 1. The molecule has 30 heavy (non-hydrogen) atoms. The van der Waals surface area contributed by atoms with Crippen LogP contribution >= 0.6 is 23.1 Å². The Kier molecular flexibility index (Phi) is 7.58. The Labute approximate surface area is 186 Å². The fraction of sp³-hybridized carbons (Fsp3) is 0.227. The molecular formula is C22H24N2O3S3. The summed E-state index contributed by atoms with van der Waals surface area (Å²) in [6.45, 7) is 2.64. The molecule has 0 aliphatic carbocycles. The van der Waals surface area contributed by atoms with Gasteiger partial charge in [0.1, 0.15) is 4.21 Å². The van der Waals surface area contributed by atoms with Gasteiger partial charge in [0.2, 0.25) is 0 Å². The van der Waals surface area contributed by atoms with E-state index >= 15 is 0 Å². The van der Waals surface area contributed by atoms with Crippen molar-refractivity contribution in [1.82, 2.24) is 5.32 Å². The van der Waals surface area contributed by atoms with Gasteiger partial charge in [-0.2, -0.15) is 11.8 Å². The maximum Gasteiger partial charge on any atom is 0.273 e. The monoisotopic (exact) mass is 460 g/mol. The van der Waals surface area contributed by atoms with Crippen molar-refractivity contribution in [3.63, 3.8) is 0 Å². The van der Waals surface area contributed by atoms with E-state index in [1.54, 1.807) is 53.5 Å². The quantitative estimate of drug-likeness (QED) is 0.476. The molecule has 158 valence electrons. The molecule has 2 aromatic carbocycles. The van der Waals surface area contributed by atoms with E-state index in [0.29, 0.717) is 17.8 Å². The van der Waals surface area contributed by atoms with Gasteiger partial charge in [-0.05, 0) is 48.2 Å². The number of carbonyl (C=O) groups is 1. The molecule has 1 aromatic heterocycles. The number of anilines is 1. The zero-order valence-corrected chi connectivity index (χ0v) is 19.3. The second kappa shape index (κ2) is 10.1. The van der Waals surface area contributed by atoms with Crippen LogP contribution in [0.2, 0.25) is 0 Å². The number of nitrogens with zero attached hydrogens (tertiary/aromatic N) is 1. The molecule has 1 N–H and O–H groups in total. The predicted octanol–water partition coefficient (Wildman–Crippen LogP) is 4.54. The average Bonchev–Trinajstić information content (AvgIpc) is 3.30. The average molecular weight is 461 g/mol. The van der Waals surface area contributed by atoms with Crippen LogP contribution in [0.25, 0.3) is 0 Å². The number of thioether (sulfide) groups is 1. The van der Waals surface area contributed by atoms with Crippen molar-refractivity contribution in [2.24, 2.45) is 0 Å². The first kappa shape index (κ1) is 22.4. The highest BCUT2D eigenvalue weighted by Crippen LogP contribution is 2.25. The third kappa shape index (κ3) is 5.65. The second-order valence-corrected chi connectivity index (χ2v) is 11.0. The summed E-state index contributed by atoms with van der Waals surface area (Å²) >= 11 is 2.95. The molecule has 0 radical (unpaired) electrons. The van der Waals surface area contributed by atoms with E-state index in [2.05, 4.69) is 36.5 Å². The summed E-state index contributed by atoms with van der Waals surface area (Å²) in [5.74, 6) is 1.57. The second-order valence-electron chi connectivity index (χ2n) is 6.75. The van der Waals surface area contributed by atoms with Gasteiger partial charge in [-0.3, -0.25) is 9.10 Å². The Morgan fingerprint density at radius 2 is 1.77 bits per heavy atom. The summed E-state index contributed by atoms with van der Waals surface area (Å²) in [7, 11) is -2.07. The van der Waals surface area contributed by atoms with Gasteiger partial charge < -0.3 is 5.32 Å². The summed E-state index contributed by atoms with van der Waals surface area (Å²) in [6, 6.07) is 18.3. The standard InChI is InChI=1S/C22H24N2O3S3/c1-17-5-7-18(8-6-17)16-28-15-13-23-22(25)19-9-11-20(12-10-19)24(2)30(26,27)21-4-3-14-29-21/h3-12,14H,13,15-16H2,1-2H3,(H,23,25). The molecule has 3 aromatic rings. The molecule has 0 aliphatic rings. The topological polar surface area (TPSA) is 66.5 Å². The van der Waals surface area contributed by atoms with E-state index in [4.69, 9.17) is 0 Å². The number of hydrogen-bond donors (Lipinski definition) is 1. The Morgan fingerprint density at radius 1 is 1.07 bits per heavy atom. The van der Waals surface area contributed by atoms with Gasteiger partial charge in [-0.1, -0.05) is 35.9 Å². The molecule has 0 saturated heterocycles. The first-order valence-electron chi connectivity index (χ1n) is 9.42. The summed E-state index contributed by atoms with van der Waals surface area (Å²) in [5.41, 5.74) is 3.53. The van der Waals surface area contributed by atoms with E-state index in [9.17, 15) is 13.2 Å². The summed E-state index contributed by atoms with van der Waals surface area (Å²) in [5, 5.41) is 4.64. The van der Waals surface area contributed by atoms with Gasteiger partial charge in [0.05, 0.1) is 5.69 Å². The minimum atomic E-state index is -3.58. The number of sulfonamides is 1. The lowest BCUT2D eigenvalue weighted by atomic mass is 10.2. The van der Waals surface area contributed by atoms with Crippen LogP contribution < -0.4 is 9.62 Å². The molecule has 1 heterocycles. The van der Waals surface area contributed by atoms with Crippen molar-refractivity contribution in [3.8, 4) is 0 Å². The molecular weight excluding hydrogens is 436 g/mol. The number of carbonyl (C=O) groups excluding carboxylic acids is 1. The van der Waals surface area contributed by atoms with E-state index in [0.717, 1.165) is 11.5 Å². The summed E-state index contributed by atoms with van der Waals surface area (Å²) in [6.07, 6.45) is 0. The van der Waals surface area contributed by atoms with Crippen molar-refractivity contribution in [2.45, 2.75) is 16.9 Å². The van der Waals surface area contributed by atoms with Gasteiger partial charge in [0.25, 0.3) is 15.9 Å². The van der Waals surface area contributed by atoms with Gasteiger partial charge >= 0.3 is 0 Å². The molecule has 3 rings (SSSR count). The summed E-state index contributed by atoms with van der Waals surface area (Å²) in [4.78, 5) is 12.3. The highest BCUT2D eigenvalue weighted by Gasteiger charge is 2.22. The number of aryl methyl sites for hydroxylation is 1. The number of benzene rings is 2. The maximum atomic E-state index is 12.6. The molecule has 0 saturated carbocycles. The predicted molar refractivity (Wildman–Crippen MR) is 126 cm³/mol. The van der Waals surface area contributed by atoms with Crippen LogP contribution in [0.5, 0.6) is 0 Å². The summed E-state index contributed by atoms with van der Waals surface area (Å²) < 4.78 is 26.7. The normalized spacial score (nSPS) is 11.3. The van der Waals surface area contributed by atoms with Crippen molar-refractivity contribution < 1.29 is 13.2 Å². The Hall–Kier alpha value is -2.29. The first-order chi connectivity index (χ1) is 14.4. The Balaban J connectivity index is 1.48. The van der Waals surface area contributed by atoms with Gasteiger partial charge in [-0.25, -0.2) is 8.42 Å². The lowest BCUT2D eigenvalue weighted by Gasteiger charge is -2.18. The molecule has 1 amide bonds. The minimum Gasteiger partial charge on any atom is -0.351 e. The number of nitrogens with one attached hydrogen (secondary N) is 1. The number of hydrogen-bond acceptors (Lipinski definition) is 5. The highest BCUT2D eigenvalue weighted by atomic mass is 32.2. The largest absolute Gasteiger partial charge is 0.351 e. The molecule has 0 spiro atoms. The third-order valence-corrected chi connectivity index (χ3v) is 8.71. The molecule has 5 nitrogen and oxygen atoms in total. The Morgan fingerprint density at radius 3 is 2.40 bits per heavy atom. The van der Waals surface area contributed by atoms with Crippen LogP contribution in [0.1, 0.15) is 21.5 Å². The van der Waals surface area contributed by atoms with Gasteiger partial charge in [-0.15, -0.1) is 11.3 Å². The minimum absolute atomic E-state index is 0.166. The van der Waals surface area contributed by atoms with Gasteiger partial charge in [0.15, 0.2) is 0 Å². The van der Waals surface area contributed by atoms with Crippen LogP contribution in [0.15, 0.2) is 70.3 Å². The van der Waals surface area contributed by atoms with Crippen LogP contribution in [0, 0.1) is 6.92 Å². The SMILES string of the molecule is Cc1ccc(CSCCNC(=O)c2ccc(N(C)S(=O)(=O)c3cccs3)cc2)cc1. The molecule has 0 aliphatic heterocycles.